The molecule has 0 aliphatic rings. The average Bonchev–Trinajstić information content (AvgIpc) is 4.18. The summed E-state index contributed by atoms with van der Waals surface area (Å²) < 4.78 is 11.6. The van der Waals surface area contributed by atoms with Crippen LogP contribution in [-0.4, -0.2) is 24.1 Å². The molecule has 6 nitrogen and oxygen atoms in total. The smallest absolute Gasteiger partial charge is 0.164 e. The Morgan fingerprint density at radius 2 is 0.720 bits per heavy atom. The Hall–Kier alpha value is -11.0. The van der Waals surface area contributed by atoms with Crippen LogP contribution in [0.5, 0.6) is 0 Å². The third-order valence-corrected chi connectivity index (χ3v) is 16.2. The molecular weight excluding hydrogens is 999 g/mol. The van der Waals surface area contributed by atoms with Gasteiger partial charge in [-0.2, -0.15) is 0 Å². The zero-order chi connectivity index (χ0) is 54.3. The molecule has 0 aliphatic carbocycles. The van der Waals surface area contributed by atoms with Crippen LogP contribution in [-0.2, 0) is 0 Å². The first-order valence-corrected chi connectivity index (χ1v) is 27.8. The van der Waals surface area contributed by atoms with E-state index >= 15 is 0 Å². The minimum atomic E-state index is 0.621. The molecule has 0 atom stereocenters. The van der Waals surface area contributed by atoms with E-state index < -0.39 is 0 Å². The van der Waals surface area contributed by atoms with E-state index in [2.05, 4.69) is 228 Å². The van der Waals surface area contributed by atoms with Gasteiger partial charge in [0, 0.05) is 65.9 Å². The van der Waals surface area contributed by atoms with E-state index in [4.69, 9.17) is 19.4 Å². The van der Waals surface area contributed by atoms with Crippen molar-refractivity contribution in [3.05, 3.63) is 285 Å². The van der Waals surface area contributed by atoms with Gasteiger partial charge in [-0.3, -0.25) is 0 Å². The SMILES string of the molecule is Cc1ccc2c(c1)c1cc(-c3ccc4c(c3)c3ccccc3n4-c3cccc(-c4cc(-c5ccc(-c6cccc(-c7nc(-c8ccccc8)nc(-c8ccccc8)n7)c6)cc5)c5oc6ccccc6c5c4)c3)ccc1n2-c1ccccc1. The number of furan rings is 1. The average molecular weight is 1050 g/mol. The van der Waals surface area contributed by atoms with Gasteiger partial charge in [-0.25, -0.2) is 15.0 Å². The number of hydrogen-bond acceptors (Lipinski definition) is 4. The number of hydrogen-bond donors (Lipinski definition) is 0. The van der Waals surface area contributed by atoms with Gasteiger partial charge in [0.05, 0.1) is 22.1 Å². The van der Waals surface area contributed by atoms with Gasteiger partial charge in [0.15, 0.2) is 17.5 Å². The van der Waals surface area contributed by atoms with E-state index in [1.165, 1.54) is 49.3 Å². The molecule has 0 N–H and O–H groups in total. The Morgan fingerprint density at radius 1 is 0.268 bits per heavy atom. The van der Waals surface area contributed by atoms with Gasteiger partial charge in [0.2, 0.25) is 0 Å². The van der Waals surface area contributed by atoms with E-state index in [-0.39, 0.29) is 0 Å². The zero-order valence-electron chi connectivity index (χ0n) is 44.7. The molecule has 0 saturated carbocycles. The van der Waals surface area contributed by atoms with Crippen molar-refractivity contribution in [3.63, 3.8) is 0 Å². The first-order chi connectivity index (χ1) is 40.5. The predicted molar refractivity (Wildman–Crippen MR) is 339 cm³/mol. The summed E-state index contributed by atoms with van der Waals surface area (Å²) in [6.07, 6.45) is 0. The van der Waals surface area contributed by atoms with Gasteiger partial charge in [0.1, 0.15) is 11.2 Å². The van der Waals surface area contributed by atoms with Gasteiger partial charge < -0.3 is 13.6 Å². The van der Waals surface area contributed by atoms with Crippen molar-refractivity contribution in [1.29, 1.82) is 0 Å². The Bertz CT molecular complexity index is 5090. The Labute approximate surface area is 473 Å². The van der Waals surface area contributed by atoms with Crippen molar-refractivity contribution < 1.29 is 4.42 Å². The van der Waals surface area contributed by atoms with Crippen LogP contribution >= 0.6 is 0 Å². The summed E-state index contributed by atoms with van der Waals surface area (Å²) in [6, 6.07) is 99.6. The van der Waals surface area contributed by atoms with Crippen LogP contribution in [0.4, 0.5) is 0 Å². The van der Waals surface area contributed by atoms with Gasteiger partial charge >= 0.3 is 0 Å². The second kappa shape index (κ2) is 19.2. The Balaban J connectivity index is 0.769. The summed E-state index contributed by atoms with van der Waals surface area (Å²) in [5.74, 6) is 1.89. The van der Waals surface area contributed by atoms with Gasteiger partial charge in [0.25, 0.3) is 0 Å². The molecule has 82 heavy (non-hydrogen) atoms. The third-order valence-electron chi connectivity index (χ3n) is 16.2. The maximum atomic E-state index is 6.75. The molecule has 6 heteroatoms. The van der Waals surface area contributed by atoms with Crippen LogP contribution in [0.1, 0.15) is 5.56 Å². The molecule has 4 heterocycles. The fraction of sp³-hybridized carbons (Fsp3) is 0.0132. The minimum absolute atomic E-state index is 0.621. The molecule has 0 bridgehead atoms. The van der Waals surface area contributed by atoms with Crippen LogP contribution in [0.25, 0.3) is 156 Å². The van der Waals surface area contributed by atoms with E-state index in [1.54, 1.807) is 0 Å². The predicted octanol–water partition coefficient (Wildman–Crippen LogP) is 19.9. The lowest BCUT2D eigenvalue weighted by Crippen LogP contribution is -2.00. The molecule has 0 aliphatic heterocycles. The summed E-state index contributed by atoms with van der Waals surface area (Å²) in [6.45, 7) is 2.18. The summed E-state index contributed by atoms with van der Waals surface area (Å²) in [5.41, 5.74) is 21.6. The first-order valence-electron chi connectivity index (χ1n) is 27.8. The fourth-order valence-corrected chi connectivity index (χ4v) is 12.3. The molecule has 0 spiro atoms. The summed E-state index contributed by atoms with van der Waals surface area (Å²) >= 11 is 0. The molecule has 384 valence electrons. The largest absolute Gasteiger partial charge is 0.455 e. The van der Waals surface area contributed by atoms with Crippen LogP contribution in [0.2, 0.25) is 0 Å². The number of fused-ring (bicyclic) bond motifs is 9. The third kappa shape index (κ3) is 7.99. The second-order valence-electron chi connectivity index (χ2n) is 21.3. The summed E-state index contributed by atoms with van der Waals surface area (Å²) in [5, 5.41) is 7.10. The molecule has 0 saturated heterocycles. The number of para-hydroxylation sites is 3. The number of aromatic nitrogens is 5. The maximum absolute atomic E-state index is 6.75. The van der Waals surface area contributed by atoms with Crippen LogP contribution in [0.3, 0.4) is 0 Å². The minimum Gasteiger partial charge on any atom is -0.455 e. The molecule has 4 aromatic heterocycles. The highest BCUT2D eigenvalue weighted by molar-refractivity contribution is 6.14. The number of benzene rings is 12. The Kier molecular flexibility index (Phi) is 11.0. The lowest BCUT2D eigenvalue weighted by atomic mass is 9.94. The summed E-state index contributed by atoms with van der Waals surface area (Å²) in [7, 11) is 0. The topological polar surface area (TPSA) is 61.7 Å². The van der Waals surface area contributed by atoms with Crippen LogP contribution in [0.15, 0.2) is 283 Å². The molecule has 12 aromatic carbocycles. The van der Waals surface area contributed by atoms with E-state index in [0.29, 0.717) is 17.5 Å². The zero-order valence-corrected chi connectivity index (χ0v) is 44.7. The van der Waals surface area contributed by atoms with E-state index in [1.807, 2.05) is 66.7 Å². The Morgan fingerprint density at radius 3 is 1.41 bits per heavy atom. The molecule has 16 aromatic rings. The number of rotatable bonds is 9. The van der Waals surface area contributed by atoms with Gasteiger partial charge in [-0.1, -0.05) is 194 Å². The molecule has 16 rings (SSSR count). The fourth-order valence-electron chi connectivity index (χ4n) is 12.3. The monoisotopic (exact) mass is 1050 g/mol. The van der Waals surface area contributed by atoms with Gasteiger partial charge in [-0.05, 0) is 137 Å². The standard InChI is InChI=1S/C76H49N5O/c1-48-31-38-69-64(41-48)66-45-56(37-40-71(66)80(69)59-24-9-4-10-25-59)55-36-39-70-65(44-55)61-27-11-13-29-68(61)81(70)60-26-16-22-54(43-60)58-46-63(73-67(47-58)62-28-12-14-30-72(62)82-73)50-34-32-49(33-35-50)53-21-15-23-57(42-53)76-78-74(51-17-5-2-6-18-51)77-75(79-76)52-19-7-3-8-20-52/h2-47H,1H3. The van der Waals surface area contributed by atoms with E-state index in [0.717, 1.165) is 94.4 Å². The van der Waals surface area contributed by atoms with Crippen LogP contribution < -0.4 is 0 Å². The lowest BCUT2D eigenvalue weighted by molar-refractivity contribution is 0.670. The van der Waals surface area contributed by atoms with E-state index in [9.17, 15) is 0 Å². The lowest BCUT2D eigenvalue weighted by Gasteiger charge is -2.13. The van der Waals surface area contributed by atoms with Crippen molar-refractivity contribution in [2.45, 2.75) is 6.92 Å². The first kappa shape index (κ1) is 47.1. The molecule has 0 amide bonds. The van der Waals surface area contributed by atoms with Crippen LogP contribution in [0, 0.1) is 6.92 Å². The normalized spacial score (nSPS) is 11.7. The number of aryl methyl sites for hydroxylation is 1. The molecule has 0 radical (unpaired) electrons. The number of nitrogens with zero attached hydrogens (tertiary/aromatic N) is 5. The second-order valence-corrected chi connectivity index (χ2v) is 21.3. The molecule has 0 unspecified atom stereocenters. The highest BCUT2D eigenvalue weighted by atomic mass is 16.3. The van der Waals surface area contributed by atoms with Gasteiger partial charge in [-0.15, -0.1) is 0 Å². The van der Waals surface area contributed by atoms with Crippen molar-refractivity contribution in [2.75, 3.05) is 0 Å². The molecule has 0 fully saturated rings. The quantitative estimate of drug-likeness (QED) is 0.145. The highest BCUT2D eigenvalue weighted by Crippen LogP contribution is 2.43. The maximum Gasteiger partial charge on any atom is 0.164 e. The van der Waals surface area contributed by atoms with Crippen molar-refractivity contribution >= 4 is 65.6 Å². The summed E-state index contributed by atoms with van der Waals surface area (Å²) in [4.78, 5) is 15.0. The van der Waals surface area contributed by atoms with Crippen molar-refractivity contribution in [2.24, 2.45) is 0 Å². The highest BCUT2D eigenvalue weighted by Gasteiger charge is 2.20. The molecular formula is C76H49N5O. The van der Waals surface area contributed by atoms with Crippen molar-refractivity contribution in [3.8, 4) is 90.0 Å². The van der Waals surface area contributed by atoms with Crippen molar-refractivity contribution in [1.82, 2.24) is 24.1 Å².